The Kier molecular flexibility index (Phi) is 48.5. The Hall–Kier alpha value is -1.92. The van der Waals surface area contributed by atoms with E-state index in [1.807, 2.05) is 0 Å². The molecule has 0 aromatic rings. The largest absolute Gasteiger partial charge is 0.462 e. The van der Waals surface area contributed by atoms with E-state index in [1.165, 1.54) is 167 Å². The number of allylic oxidation sites excluding steroid dienone is 6. The standard InChI is InChI=1S/C56H105NO5/c1-4-7-10-13-16-19-22-24-26-27-28-30-32-34-37-40-43-46-49-56(61)62-52(47-44-41-38-35-33-31-29-25-23-20-17-14-11-8-5-2)50-55(60)57-53(51-58)54(59)48-45-42-39-36-21-18-15-12-9-6-3/h17,20,25,29,33,35,52-54,58-59H,4-16,18-19,21-24,26-28,30-32,34,36-51H2,1-3H3,(H,57,60)/b20-17-,29-25-,35-33-. The summed E-state index contributed by atoms with van der Waals surface area (Å²) in [5.74, 6) is -0.499. The van der Waals surface area contributed by atoms with Crippen molar-refractivity contribution >= 4 is 11.9 Å². The lowest BCUT2D eigenvalue weighted by Crippen LogP contribution is -2.46. The highest BCUT2D eigenvalue weighted by molar-refractivity contribution is 5.77. The molecule has 0 fully saturated rings. The summed E-state index contributed by atoms with van der Waals surface area (Å²) < 4.78 is 5.93. The molecule has 0 aromatic carbocycles. The molecular formula is C56H105NO5. The zero-order valence-corrected chi connectivity index (χ0v) is 41.5. The van der Waals surface area contributed by atoms with Gasteiger partial charge >= 0.3 is 5.97 Å². The van der Waals surface area contributed by atoms with Gasteiger partial charge in [0.2, 0.25) is 5.91 Å². The topological polar surface area (TPSA) is 95.9 Å². The van der Waals surface area contributed by atoms with Gasteiger partial charge in [0.25, 0.3) is 0 Å². The average Bonchev–Trinajstić information content (AvgIpc) is 3.26. The molecule has 0 spiro atoms. The Morgan fingerprint density at radius 2 is 0.823 bits per heavy atom. The molecular weight excluding hydrogens is 767 g/mol. The summed E-state index contributed by atoms with van der Waals surface area (Å²) in [5, 5.41) is 23.7. The van der Waals surface area contributed by atoms with Crippen LogP contribution in [-0.2, 0) is 14.3 Å². The molecule has 0 aromatic heterocycles. The number of carbonyl (C=O) groups is 2. The predicted molar refractivity (Wildman–Crippen MR) is 269 cm³/mol. The molecule has 6 nitrogen and oxygen atoms in total. The van der Waals surface area contributed by atoms with Gasteiger partial charge in [-0.15, -0.1) is 0 Å². The van der Waals surface area contributed by atoms with Gasteiger partial charge in [-0.05, 0) is 64.2 Å². The van der Waals surface area contributed by atoms with Crippen molar-refractivity contribution in [2.24, 2.45) is 0 Å². The lowest BCUT2D eigenvalue weighted by Gasteiger charge is -2.24. The van der Waals surface area contributed by atoms with Crippen molar-refractivity contribution in [3.05, 3.63) is 36.5 Å². The fourth-order valence-corrected chi connectivity index (χ4v) is 8.32. The molecule has 0 rings (SSSR count). The number of unbranched alkanes of at least 4 members (excludes halogenated alkanes) is 31. The first-order chi connectivity index (χ1) is 30.5. The van der Waals surface area contributed by atoms with Gasteiger partial charge in [-0.1, -0.05) is 243 Å². The van der Waals surface area contributed by atoms with Crippen molar-refractivity contribution in [2.45, 2.75) is 302 Å². The first-order valence-corrected chi connectivity index (χ1v) is 27.2. The SMILES string of the molecule is CCCCC/C=C\C/C=C\C/C=C\CCCCC(CC(=O)NC(CO)C(O)CCCCCCCCCCCC)OC(=O)CCCCCCCCCCCCCCCCCCCC. The summed E-state index contributed by atoms with van der Waals surface area (Å²) in [6.45, 7) is 6.45. The van der Waals surface area contributed by atoms with Crippen LogP contribution in [0.1, 0.15) is 284 Å². The van der Waals surface area contributed by atoms with Crippen LogP contribution in [0, 0.1) is 0 Å². The van der Waals surface area contributed by atoms with E-state index < -0.39 is 18.2 Å². The van der Waals surface area contributed by atoms with E-state index in [-0.39, 0.29) is 24.9 Å². The van der Waals surface area contributed by atoms with Gasteiger partial charge in [0.05, 0.1) is 25.2 Å². The molecule has 0 saturated heterocycles. The van der Waals surface area contributed by atoms with E-state index in [0.717, 1.165) is 70.6 Å². The van der Waals surface area contributed by atoms with Crippen molar-refractivity contribution in [2.75, 3.05) is 6.61 Å². The third kappa shape index (κ3) is 44.7. The van der Waals surface area contributed by atoms with Crippen molar-refractivity contribution < 1.29 is 24.5 Å². The molecule has 3 unspecified atom stereocenters. The summed E-state index contributed by atoms with van der Waals surface area (Å²) in [4.78, 5) is 26.2. The van der Waals surface area contributed by atoms with E-state index in [2.05, 4.69) is 62.5 Å². The molecule has 6 heteroatoms. The molecule has 0 heterocycles. The third-order valence-electron chi connectivity index (χ3n) is 12.5. The van der Waals surface area contributed by atoms with Crippen LogP contribution >= 0.6 is 0 Å². The number of hydrogen-bond acceptors (Lipinski definition) is 5. The van der Waals surface area contributed by atoms with Crippen molar-refractivity contribution in [3.63, 3.8) is 0 Å². The summed E-state index contributed by atoms with van der Waals surface area (Å²) in [7, 11) is 0. The number of amides is 1. The van der Waals surface area contributed by atoms with E-state index in [0.29, 0.717) is 19.3 Å². The molecule has 62 heavy (non-hydrogen) atoms. The molecule has 0 aliphatic carbocycles. The number of aliphatic hydroxyl groups is 2. The minimum Gasteiger partial charge on any atom is -0.462 e. The van der Waals surface area contributed by atoms with Crippen LogP contribution < -0.4 is 5.32 Å². The molecule has 0 saturated carbocycles. The minimum atomic E-state index is -0.794. The van der Waals surface area contributed by atoms with Gasteiger partial charge in [0.15, 0.2) is 0 Å². The minimum absolute atomic E-state index is 0.0556. The Bertz CT molecular complexity index is 1020. The maximum absolute atomic E-state index is 13.2. The van der Waals surface area contributed by atoms with Gasteiger partial charge < -0.3 is 20.3 Å². The number of esters is 1. The summed E-state index contributed by atoms with van der Waals surface area (Å²) in [6.07, 6.45) is 59.3. The number of aliphatic hydroxyl groups excluding tert-OH is 2. The zero-order chi connectivity index (χ0) is 45.2. The molecule has 0 radical (unpaired) electrons. The van der Waals surface area contributed by atoms with Crippen LogP contribution in [0.15, 0.2) is 36.5 Å². The second-order valence-corrected chi connectivity index (χ2v) is 18.6. The van der Waals surface area contributed by atoms with Gasteiger partial charge in [-0.3, -0.25) is 9.59 Å². The maximum Gasteiger partial charge on any atom is 0.306 e. The first-order valence-electron chi connectivity index (χ1n) is 27.2. The number of ether oxygens (including phenoxy) is 1. The summed E-state index contributed by atoms with van der Waals surface area (Å²) in [6, 6.07) is -0.710. The summed E-state index contributed by atoms with van der Waals surface area (Å²) >= 11 is 0. The fraction of sp³-hybridized carbons (Fsp3) is 0.857. The molecule has 364 valence electrons. The predicted octanol–water partition coefficient (Wildman–Crippen LogP) is 16.5. The Morgan fingerprint density at radius 1 is 0.468 bits per heavy atom. The van der Waals surface area contributed by atoms with Gasteiger partial charge in [0, 0.05) is 6.42 Å². The van der Waals surface area contributed by atoms with Crippen LogP contribution in [0.3, 0.4) is 0 Å². The smallest absolute Gasteiger partial charge is 0.306 e. The number of hydrogen-bond donors (Lipinski definition) is 3. The van der Waals surface area contributed by atoms with Gasteiger partial charge in [-0.2, -0.15) is 0 Å². The Balaban J connectivity index is 4.57. The van der Waals surface area contributed by atoms with Crippen molar-refractivity contribution in [3.8, 4) is 0 Å². The molecule has 3 atom stereocenters. The lowest BCUT2D eigenvalue weighted by molar-refractivity contribution is -0.151. The van der Waals surface area contributed by atoms with Gasteiger partial charge in [0.1, 0.15) is 6.10 Å². The van der Waals surface area contributed by atoms with E-state index in [4.69, 9.17) is 4.74 Å². The number of rotatable bonds is 49. The summed E-state index contributed by atoms with van der Waals surface area (Å²) in [5.41, 5.74) is 0. The first kappa shape index (κ1) is 60.1. The highest BCUT2D eigenvalue weighted by atomic mass is 16.5. The molecule has 0 bridgehead atoms. The average molecular weight is 872 g/mol. The van der Waals surface area contributed by atoms with Crippen LogP contribution in [0.25, 0.3) is 0 Å². The van der Waals surface area contributed by atoms with Crippen molar-refractivity contribution in [1.29, 1.82) is 0 Å². The van der Waals surface area contributed by atoms with Crippen LogP contribution in [0.4, 0.5) is 0 Å². The molecule has 0 aliphatic heterocycles. The Morgan fingerprint density at radius 3 is 1.26 bits per heavy atom. The molecule has 1 amide bonds. The van der Waals surface area contributed by atoms with E-state index >= 15 is 0 Å². The molecule has 3 N–H and O–H groups in total. The second kappa shape index (κ2) is 50.1. The van der Waals surface area contributed by atoms with Crippen LogP contribution in [-0.4, -0.2) is 46.9 Å². The number of carbonyl (C=O) groups excluding carboxylic acids is 2. The second-order valence-electron chi connectivity index (χ2n) is 18.6. The van der Waals surface area contributed by atoms with Crippen molar-refractivity contribution in [1.82, 2.24) is 5.32 Å². The normalized spacial score (nSPS) is 13.4. The van der Waals surface area contributed by atoms with Crippen LogP contribution in [0.5, 0.6) is 0 Å². The highest BCUT2D eigenvalue weighted by Crippen LogP contribution is 2.18. The fourth-order valence-electron chi connectivity index (χ4n) is 8.32. The zero-order valence-electron chi connectivity index (χ0n) is 41.5. The quantitative estimate of drug-likeness (QED) is 0.0321. The van der Waals surface area contributed by atoms with E-state index in [9.17, 15) is 19.8 Å². The van der Waals surface area contributed by atoms with Gasteiger partial charge in [-0.25, -0.2) is 0 Å². The van der Waals surface area contributed by atoms with Crippen LogP contribution in [0.2, 0.25) is 0 Å². The third-order valence-corrected chi connectivity index (χ3v) is 12.5. The lowest BCUT2D eigenvalue weighted by atomic mass is 10.0. The maximum atomic E-state index is 13.2. The number of nitrogens with one attached hydrogen (secondary N) is 1. The molecule has 0 aliphatic rings. The highest BCUT2D eigenvalue weighted by Gasteiger charge is 2.24. The Labute approximate surface area is 385 Å². The monoisotopic (exact) mass is 872 g/mol. The van der Waals surface area contributed by atoms with E-state index in [1.54, 1.807) is 0 Å².